The van der Waals surface area contributed by atoms with E-state index in [1.165, 1.54) is 11.3 Å². The van der Waals surface area contributed by atoms with E-state index >= 15 is 0 Å². The van der Waals surface area contributed by atoms with Gasteiger partial charge in [0.1, 0.15) is 9.88 Å². The average Bonchev–Trinajstić information content (AvgIpc) is 3.13. The van der Waals surface area contributed by atoms with E-state index in [1.807, 2.05) is 12.1 Å². The number of benzene rings is 2. The van der Waals surface area contributed by atoms with Crippen molar-refractivity contribution in [3.63, 3.8) is 0 Å². The van der Waals surface area contributed by atoms with Crippen LogP contribution in [0.25, 0.3) is 10.6 Å². The Morgan fingerprint density at radius 1 is 1.07 bits per heavy atom. The summed E-state index contributed by atoms with van der Waals surface area (Å²) in [4.78, 5) is 28.6. The van der Waals surface area contributed by atoms with Gasteiger partial charge in [0.25, 0.3) is 5.91 Å². The van der Waals surface area contributed by atoms with E-state index in [1.54, 1.807) is 51.5 Å². The third-order valence-electron chi connectivity index (χ3n) is 4.31. The quantitative estimate of drug-likeness (QED) is 0.534. The number of ether oxygens (including phenoxy) is 2. The lowest BCUT2D eigenvalue weighted by Gasteiger charge is -2.08. The van der Waals surface area contributed by atoms with E-state index in [9.17, 15) is 9.59 Å². The summed E-state index contributed by atoms with van der Waals surface area (Å²) in [5.74, 6) is 1.03. The Hall–Kier alpha value is -3.59. The second kappa shape index (κ2) is 9.27. The molecular formula is C21H22N4O4S. The van der Waals surface area contributed by atoms with Crippen LogP contribution < -0.4 is 25.8 Å². The Kier molecular flexibility index (Phi) is 6.53. The van der Waals surface area contributed by atoms with E-state index in [4.69, 9.17) is 15.2 Å². The number of methoxy groups -OCH3 is 2. The number of amides is 3. The van der Waals surface area contributed by atoms with E-state index in [0.717, 1.165) is 16.1 Å². The molecule has 3 aromatic rings. The zero-order valence-corrected chi connectivity index (χ0v) is 17.6. The Bertz CT molecular complexity index is 1060. The number of aromatic nitrogens is 1. The standard InChI is InChI=1S/C21H22N4O4S/c1-12-18(19(26)23-11-13-4-7-15(8-5-13)25-21(22)27)30-20(24-12)14-6-9-16(28-2)17(10-14)29-3/h4-10H,11H2,1-3H3,(H,23,26)(H3,22,25,27). The van der Waals surface area contributed by atoms with Gasteiger partial charge in [-0.3, -0.25) is 4.79 Å². The van der Waals surface area contributed by atoms with E-state index in [2.05, 4.69) is 15.6 Å². The van der Waals surface area contributed by atoms with E-state index < -0.39 is 6.03 Å². The second-order valence-corrected chi connectivity index (χ2v) is 7.37. The third-order valence-corrected chi connectivity index (χ3v) is 5.51. The van der Waals surface area contributed by atoms with Crippen LogP contribution in [-0.4, -0.2) is 31.1 Å². The van der Waals surface area contributed by atoms with Gasteiger partial charge in [0.05, 0.1) is 19.9 Å². The minimum atomic E-state index is -0.623. The Morgan fingerprint density at radius 2 is 1.77 bits per heavy atom. The molecule has 0 aliphatic carbocycles. The van der Waals surface area contributed by atoms with Crippen molar-refractivity contribution >= 4 is 29.0 Å². The predicted molar refractivity (Wildman–Crippen MR) is 116 cm³/mol. The number of hydrogen-bond donors (Lipinski definition) is 3. The highest BCUT2D eigenvalue weighted by Gasteiger charge is 2.17. The average molecular weight is 426 g/mol. The number of nitrogens with one attached hydrogen (secondary N) is 2. The summed E-state index contributed by atoms with van der Waals surface area (Å²) in [7, 11) is 3.15. The van der Waals surface area contributed by atoms with Gasteiger partial charge in [-0.15, -0.1) is 11.3 Å². The zero-order valence-electron chi connectivity index (χ0n) is 16.8. The number of anilines is 1. The zero-order chi connectivity index (χ0) is 21.7. The molecule has 1 aromatic heterocycles. The van der Waals surface area contributed by atoms with Crippen LogP contribution in [0.1, 0.15) is 20.9 Å². The Morgan fingerprint density at radius 3 is 2.40 bits per heavy atom. The molecule has 0 unspecified atom stereocenters. The van der Waals surface area contributed by atoms with E-state index in [-0.39, 0.29) is 5.91 Å². The molecule has 30 heavy (non-hydrogen) atoms. The van der Waals surface area contributed by atoms with Crippen molar-refractivity contribution in [1.29, 1.82) is 0 Å². The van der Waals surface area contributed by atoms with Gasteiger partial charge in [0.15, 0.2) is 11.5 Å². The molecule has 0 bridgehead atoms. The number of carbonyl (C=O) groups excluding carboxylic acids is 2. The van der Waals surface area contributed by atoms with Gasteiger partial charge >= 0.3 is 6.03 Å². The summed E-state index contributed by atoms with van der Waals surface area (Å²) in [6, 6.07) is 12.0. The van der Waals surface area contributed by atoms with Crippen molar-refractivity contribution in [2.45, 2.75) is 13.5 Å². The summed E-state index contributed by atoms with van der Waals surface area (Å²) in [6.07, 6.45) is 0. The van der Waals surface area contributed by atoms with Crippen LogP contribution >= 0.6 is 11.3 Å². The van der Waals surface area contributed by atoms with Crippen molar-refractivity contribution < 1.29 is 19.1 Å². The van der Waals surface area contributed by atoms with Crippen molar-refractivity contribution in [2.75, 3.05) is 19.5 Å². The molecule has 0 spiro atoms. The van der Waals surface area contributed by atoms with Gasteiger partial charge in [-0.1, -0.05) is 12.1 Å². The molecule has 3 rings (SSSR count). The van der Waals surface area contributed by atoms with Gasteiger partial charge in [0, 0.05) is 17.8 Å². The summed E-state index contributed by atoms with van der Waals surface area (Å²) >= 11 is 1.32. The number of aryl methyl sites for hydroxylation is 1. The lowest BCUT2D eigenvalue weighted by Crippen LogP contribution is -2.22. The van der Waals surface area contributed by atoms with Gasteiger partial charge in [0.2, 0.25) is 0 Å². The van der Waals surface area contributed by atoms with Crippen LogP contribution in [-0.2, 0) is 6.54 Å². The maximum atomic E-state index is 12.7. The number of thiazole rings is 1. The number of urea groups is 1. The van der Waals surface area contributed by atoms with Crippen LogP contribution in [0.4, 0.5) is 10.5 Å². The minimum absolute atomic E-state index is 0.198. The minimum Gasteiger partial charge on any atom is -0.493 e. The number of rotatable bonds is 7. The topological polar surface area (TPSA) is 116 Å². The monoisotopic (exact) mass is 426 g/mol. The number of nitrogens with two attached hydrogens (primary N) is 1. The Balaban J connectivity index is 1.70. The number of primary amides is 1. The molecule has 2 aromatic carbocycles. The summed E-state index contributed by atoms with van der Waals surface area (Å²) in [5.41, 5.74) is 8.07. The molecule has 0 fully saturated rings. The fraction of sp³-hybridized carbons (Fsp3) is 0.190. The van der Waals surface area contributed by atoms with Gasteiger partial charge in [-0.05, 0) is 42.8 Å². The largest absolute Gasteiger partial charge is 0.493 e. The second-order valence-electron chi connectivity index (χ2n) is 6.37. The van der Waals surface area contributed by atoms with Crippen LogP contribution in [0.5, 0.6) is 11.5 Å². The summed E-state index contributed by atoms with van der Waals surface area (Å²) < 4.78 is 10.6. The lowest BCUT2D eigenvalue weighted by molar-refractivity contribution is 0.0954. The first-order chi connectivity index (χ1) is 14.4. The molecular weight excluding hydrogens is 404 g/mol. The van der Waals surface area contributed by atoms with Crippen molar-refractivity contribution in [1.82, 2.24) is 10.3 Å². The van der Waals surface area contributed by atoms with Crippen molar-refractivity contribution in [2.24, 2.45) is 5.73 Å². The van der Waals surface area contributed by atoms with E-state index in [0.29, 0.717) is 34.3 Å². The highest BCUT2D eigenvalue weighted by atomic mass is 32.1. The van der Waals surface area contributed by atoms with Gasteiger partial charge in [-0.25, -0.2) is 9.78 Å². The van der Waals surface area contributed by atoms with Gasteiger partial charge in [-0.2, -0.15) is 0 Å². The van der Waals surface area contributed by atoms with Gasteiger partial charge < -0.3 is 25.8 Å². The maximum absolute atomic E-state index is 12.7. The molecule has 0 aliphatic rings. The molecule has 4 N–H and O–H groups in total. The highest BCUT2D eigenvalue weighted by Crippen LogP contribution is 2.35. The smallest absolute Gasteiger partial charge is 0.316 e. The SMILES string of the molecule is COc1ccc(-c2nc(C)c(C(=O)NCc3ccc(NC(N)=O)cc3)s2)cc1OC. The van der Waals surface area contributed by atoms with Crippen LogP contribution in [0, 0.1) is 6.92 Å². The fourth-order valence-corrected chi connectivity index (χ4v) is 3.79. The molecule has 0 aliphatic heterocycles. The molecule has 0 saturated carbocycles. The molecule has 9 heteroatoms. The number of nitrogens with zero attached hydrogens (tertiary/aromatic N) is 1. The summed E-state index contributed by atoms with van der Waals surface area (Å²) in [6.45, 7) is 2.15. The summed E-state index contributed by atoms with van der Waals surface area (Å²) in [5, 5.41) is 6.11. The first-order valence-electron chi connectivity index (χ1n) is 9.04. The first kappa shape index (κ1) is 21.1. The molecule has 1 heterocycles. The van der Waals surface area contributed by atoms with Crippen LogP contribution in [0.2, 0.25) is 0 Å². The Labute approximate surface area is 178 Å². The van der Waals surface area contributed by atoms with Crippen LogP contribution in [0.15, 0.2) is 42.5 Å². The molecule has 8 nitrogen and oxygen atoms in total. The highest BCUT2D eigenvalue weighted by molar-refractivity contribution is 7.17. The van der Waals surface area contributed by atoms with Crippen molar-refractivity contribution in [3.05, 3.63) is 58.6 Å². The number of carbonyl (C=O) groups is 2. The maximum Gasteiger partial charge on any atom is 0.316 e. The molecule has 156 valence electrons. The van der Waals surface area contributed by atoms with Crippen LogP contribution in [0.3, 0.4) is 0 Å². The predicted octanol–water partition coefficient (Wildman–Crippen LogP) is 3.56. The lowest BCUT2D eigenvalue weighted by atomic mass is 10.2. The molecule has 3 amide bonds. The molecule has 0 atom stereocenters. The first-order valence-corrected chi connectivity index (χ1v) is 9.86. The number of hydrogen-bond acceptors (Lipinski definition) is 6. The van der Waals surface area contributed by atoms with Crippen molar-refractivity contribution in [3.8, 4) is 22.1 Å². The normalized spacial score (nSPS) is 10.4. The molecule has 0 saturated heterocycles. The third kappa shape index (κ3) is 4.87. The molecule has 0 radical (unpaired) electrons. The fourth-order valence-electron chi connectivity index (χ4n) is 2.81.